The van der Waals surface area contributed by atoms with Crippen molar-refractivity contribution >= 4 is 22.6 Å². The van der Waals surface area contributed by atoms with Crippen molar-refractivity contribution in [2.45, 2.75) is 39.7 Å². The number of aromatic nitrogens is 2. The lowest BCUT2D eigenvalue weighted by atomic mass is 10.1. The zero-order valence-corrected chi connectivity index (χ0v) is 15.0. The molecule has 128 valence electrons. The van der Waals surface area contributed by atoms with Gasteiger partial charge in [-0.2, -0.15) is 0 Å². The molecule has 1 saturated heterocycles. The van der Waals surface area contributed by atoms with Crippen LogP contribution >= 0.6 is 0 Å². The van der Waals surface area contributed by atoms with Crippen LogP contribution in [0.1, 0.15) is 36.2 Å². The number of carbonyl (C=O) groups is 1. The number of anilines is 1. The van der Waals surface area contributed by atoms with E-state index in [1.165, 1.54) is 5.56 Å². The predicted octanol–water partition coefficient (Wildman–Crippen LogP) is 4.19. The fraction of sp³-hybridized carbons (Fsp3) is 0.333. The van der Waals surface area contributed by atoms with Crippen LogP contribution in [-0.2, 0) is 11.3 Å². The Kier molecular flexibility index (Phi) is 3.83. The fourth-order valence-corrected chi connectivity index (χ4v) is 3.96. The third kappa shape index (κ3) is 2.62. The van der Waals surface area contributed by atoms with E-state index in [0.717, 1.165) is 34.7 Å². The molecule has 0 saturated carbocycles. The third-order valence-corrected chi connectivity index (χ3v) is 5.13. The summed E-state index contributed by atoms with van der Waals surface area (Å²) in [7, 11) is 0. The lowest BCUT2D eigenvalue weighted by Crippen LogP contribution is -2.25. The first-order chi connectivity index (χ1) is 12.1. The lowest BCUT2D eigenvalue weighted by Gasteiger charge is -2.19. The number of carbonyl (C=O) groups excluding carboxylic acids is 1. The van der Waals surface area contributed by atoms with E-state index in [1.54, 1.807) is 0 Å². The van der Waals surface area contributed by atoms with Gasteiger partial charge in [0.1, 0.15) is 5.82 Å². The molecule has 4 rings (SSSR count). The Balaban J connectivity index is 1.71. The molecule has 1 amide bonds. The van der Waals surface area contributed by atoms with Crippen LogP contribution in [0.2, 0.25) is 0 Å². The van der Waals surface area contributed by atoms with Crippen molar-refractivity contribution < 1.29 is 4.79 Å². The summed E-state index contributed by atoms with van der Waals surface area (Å²) in [5.74, 6) is 1.36. The Labute approximate surface area is 148 Å². The van der Waals surface area contributed by atoms with Gasteiger partial charge in [0.2, 0.25) is 5.91 Å². The second-order valence-corrected chi connectivity index (χ2v) is 6.90. The molecular formula is C21H23N3O. The van der Waals surface area contributed by atoms with Crippen molar-refractivity contribution in [1.82, 2.24) is 9.55 Å². The maximum atomic E-state index is 12.7. The van der Waals surface area contributed by atoms with E-state index in [9.17, 15) is 4.79 Å². The molecule has 1 aliphatic heterocycles. The molecule has 3 aromatic rings. The second-order valence-electron chi connectivity index (χ2n) is 6.90. The number of imidazole rings is 1. The highest BCUT2D eigenvalue weighted by Gasteiger charge is 2.35. The molecule has 0 radical (unpaired) electrons. The van der Waals surface area contributed by atoms with Gasteiger partial charge in [-0.25, -0.2) is 4.98 Å². The van der Waals surface area contributed by atoms with Crippen LogP contribution in [0, 0.1) is 13.8 Å². The van der Waals surface area contributed by atoms with Crippen LogP contribution in [0.5, 0.6) is 0 Å². The quantitative estimate of drug-likeness (QED) is 0.721. The van der Waals surface area contributed by atoms with E-state index in [4.69, 9.17) is 4.98 Å². The standard InChI is InChI=1S/C21H23N3O/c1-4-23-19-8-6-5-7-17(19)22-21(23)16-12-20(25)24(13-16)18-10-9-14(2)11-15(18)3/h5-11,16H,4,12-13H2,1-3H3. The average Bonchev–Trinajstić information content (AvgIpc) is 3.15. The Bertz CT molecular complexity index is 957. The highest BCUT2D eigenvalue weighted by atomic mass is 16.2. The highest BCUT2D eigenvalue weighted by Crippen LogP contribution is 2.34. The molecule has 2 aromatic carbocycles. The second kappa shape index (κ2) is 6.03. The monoisotopic (exact) mass is 333 g/mol. The van der Waals surface area contributed by atoms with Gasteiger partial charge in [0.05, 0.1) is 11.0 Å². The minimum atomic E-state index is 0.139. The minimum Gasteiger partial charge on any atom is -0.328 e. The number of para-hydroxylation sites is 2. The van der Waals surface area contributed by atoms with E-state index in [0.29, 0.717) is 13.0 Å². The van der Waals surface area contributed by atoms with E-state index >= 15 is 0 Å². The summed E-state index contributed by atoms with van der Waals surface area (Å²) in [6, 6.07) is 14.5. The van der Waals surface area contributed by atoms with E-state index < -0.39 is 0 Å². The van der Waals surface area contributed by atoms with Crippen molar-refractivity contribution in [2.75, 3.05) is 11.4 Å². The van der Waals surface area contributed by atoms with Crippen LogP contribution in [0.3, 0.4) is 0 Å². The Hall–Kier alpha value is -2.62. The molecule has 1 atom stereocenters. The zero-order chi connectivity index (χ0) is 17.6. The normalized spacial score (nSPS) is 17.6. The molecule has 0 aliphatic carbocycles. The summed E-state index contributed by atoms with van der Waals surface area (Å²) in [5.41, 5.74) is 5.56. The van der Waals surface area contributed by atoms with Crippen LogP contribution < -0.4 is 4.90 Å². The van der Waals surface area contributed by atoms with Gasteiger partial charge in [-0.3, -0.25) is 4.79 Å². The molecule has 2 heterocycles. The van der Waals surface area contributed by atoms with Crippen molar-refractivity contribution in [3.8, 4) is 0 Å². The molecule has 0 bridgehead atoms. The van der Waals surface area contributed by atoms with Crippen LogP contribution in [0.4, 0.5) is 5.69 Å². The lowest BCUT2D eigenvalue weighted by molar-refractivity contribution is -0.117. The molecule has 1 aromatic heterocycles. The molecule has 0 spiro atoms. The maximum absolute atomic E-state index is 12.7. The van der Waals surface area contributed by atoms with Crippen molar-refractivity contribution in [3.63, 3.8) is 0 Å². The number of fused-ring (bicyclic) bond motifs is 1. The highest BCUT2D eigenvalue weighted by molar-refractivity contribution is 5.97. The molecule has 0 N–H and O–H groups in total. The van der Waals surface area contributed by atoms with E-state index in [2.05, 4.69) is 49.6 Å². The summed E-state index contributed by atoms with van der Waals surface area (Å²) in [5, 5.41) is 0. The summed E-state index contributed by atoms with van der Waals surface area (Å²) >= 11 is 0. The van der Waals surface area contributed by atoms with Crippen LogP contribution in [-0.4, -0.2) is 22.0 Å². The Morgan fingerprint density at radius 3 is 2.72 bits per heavy atom. The first kappa shape index (κ1) is 15.9. The Morgan fingerprint density at radius 2 is 1.96 bits per heavy atom. The molecule has 4 nitrogen and oxygen atoms in total. The van der Waals surface area contributed by atoms with E-state index in [-0.39, 0.29) is 11.8 Å². The smallest absolute Gasteiger partial charge is 0.227 e. The van der Waals surface area contributed by atoms with Crippen LogP contribution in [0.15, 0.2) is 42.5 Å². The van der Waals surface area contributed by atoms with Gasteiger partial charge >= 0.3 is 0 Å². The van der Waals surface area contributed by atoms with Crippen molar-refractivity contribution in [1.29, 1.82) is 0 Å². The molecular weight excluding hydrogens is 310 g/mol. The topological polar surface area (TPSA) is 38.1 Å². The van der Waals surface area contributed by atoms with Gasteiger partial charge in [0.25, 0.3) is 0 Å². The summed E-state index contributed by atoms with van der Waals surface area (Å²) < 4.78 is 2.25. The van der Waals surface area contributed by atoms with Gasteiger partial charge in [0.15, 0.2) is 0 Å². The average molecular weight is 333 g/mol. The fourth-order valence-electron chi connectivity index (χ4n) is 3.96. The third-order valence-electron chi connectivity index (χ3n) is 5.13. The maximum Gasteiger partial charge on any atom is 0.227 e. The number of hydrogen-bond donors (Lipinski definition) is 0. The first-order valence-corrected chi connectivity index (χ1v) is 8.91. The summed E-state index contributed by atoms with van der Waals surface area (Å²) in [6.07, 6.45) is 0.524. The van der Waals surface area contributed by atoms with E-state index in [1.807, 2.05) is 23.1 Å². The molecule has 25 heavy (non-hydrogen) atoms. The predicted molar refractivity (Wildman–Crippen MR) is 101 cm³/mol. The number of amides is 1. The summed E-state index contributed by atoms with van der Waals surface area (Å²) in [4.78, 5) is 19.5. The van der Waals surface area contributed by atoms with Crippen molar-refractivity contribution in [2.24, 2.45) is 0 Å². The molecule has 1 unspecified atom stereocenters. The van der Waals surface area contributed by atoms with Gasteiger partial charge in [-0.1, -0.05) is 29.8 Å². The number of nitrogens with zero attached hydrogens (tertiary/aromatic N) is 3. The zero-order valence-electron chi connectivity index (χ0n) is 15.0. The molecule has 4 heteroatoms. The van der Waals surface area contributed by atoms with Gasteiger partial charge < -0.3 is 9.47 Å². The molecule has 1 fully saturated rings. The molecule has 1 aliphatic rings. The van der Waals surface area contributed by atoms with Crippen molar-refractivity contribution in [3.05, 3.63) is 59.4 Å². The number of rotatable bonds is 3. The largest absolute Gasteiger partial charge is 0.328 e. The van der Waals surface area contributed by atoms with Crippen LogP contribution in [0.25, 0.3) is 11.0 Å². The van der Waals surface area contributed by atoms with Gasteiger partial charge in [0, 0.05) is 31.1 Å². The first-order valence-electron chi connectivity index (χ1n) is 8.91. The summed E-state index contributed by atoms with van der Waals surface area (Å²) in [6.45, 7) is 7.85. The minimum absolute atomic E-state index is 0.139. The number of hydrogen-bond acceptors (Lipinski definition) is 2. The number of benzene rings is 2. The van der Waals surface area contributed by atoms with Gasteiger partial charge in [-0.15, -0.1) is 0 Å². The SMILES string of the molecule is CCn1c(C2CC(=O)N(c3ccc(C)cc3C)C2)nc2ccccc21. The Morgan fingerprint density at radius 1 is 1.16 bits per heavy atom. The number of aryl methyl sites for hydroxylation is 3. The van der Waals surface area contributed by atoms with Gasteiger partial charge in [-0.05, 0) is 44.5 Å².